The quantitative estimate of drug-likeness (QED) is 0.319. The number of hydrogen-bond acceptors (Lipinski definition) is 7. The van der Waals surface area contributed by atoms with Gasteiger partial charge in [-0.15, -0.1) is 0 Å². The van der Waals surface area contributed by atoms with Crippen LogP contribution in [0.4, 0.5) is 5.95 Å². The van der Waals surface area contributed by atoms with Crippen LogP contribution in [-0.4, -0.2) is 58.7 Å². The van der Waals surface area contributed by atoms with Crippen LogP contribution in [-0.2, 0) is 11.3 Å². The maximum Gasteiger partial charge on any atom is 0.244 e. The first kappa shape index (κ1) is 23.8. The number of nitrogens with two attached hydrogens (primary N) is 1. The van der Waals surface area contributed by atoms with E-state index in [0.717, 1.165) is 53.6 Å². The van der Waals surface area contributed by atoms with E-state index in [1.165, 1.54) is 6.42 Å². The fourth-order valence-corrected chi connectivity index (χ4v) is 4.92. The molecule has 6 rings (SSSR count). The summed E-state index contributed by atoms with van der Waals surface area (Å²) in [5.41, 5.74) is 11.0. The summed E-state index contributed by atoms with van der Waals surface area (Å²) in [5, 5.41) is 16.2. The number of pyridine rings is 1. The number of carbonyl (C=O) groups is 1. The zero-order valence-corrected chi connectivity index (χ0v) is 20.8. The minimum absolute atomic E-state index is 0.0746. The molecule has 0 saturated carbocycles. The lowest BCUT2D eigenvalue weighted by molar-refractivity contribution is -0.132. The van der Waals surface area contributed by atoms with Crippen molar-refractivity contribution < 1.29 is 9.90 Å². The molecule has 1 aliphatic heterocycles. The van der Waals surface area contributed by atoms with E-state index in [4.69, 9.17) is 5.73 Å². The summed E-state index contributed by atoms with van der Waals surface area (Å²) < 4.78 is 1.68. The second kappa shape index (κ2) is 10.1. The normalized spacial score (nSPS) is 14.6. The van der Waals surface area contributed by atoms with Gasteiger partial charge in [0, 0.05) is 53.8 Å². The predicted octanol–water partition coefficient (Wildman–Crippen LogP) is 3.56. The minimum atomic E-state index is -0.933. The van der Waals surface area contributed by atoms with Gasteiger partial charge in [0.1, 0.15) is 18.3 Å². The monoisotopic (exact) mass is 508 g/mol. The highest BCUT2D eigenvalue weighted by Gasteiger charge is 2.19. The van der Waals surface area contributed by atoms with Crippen LogP contribution < -0.4 is 5.73 Å². The lowest BCUT2D eigenvalue weighted by atomic mass is 10.0. The highest BCUT2D eigenvalue weighted by molar-refractivity contribution is 5.95. The van der Waals surface area contributed by atoms with E-state index in [2.05, 4.69) is 25.0 Å². The number of amides is 1. The van der Waals surface area contributed by atoms with Crippen molar-refractivity contribution in [3.63, 3.8) is 0 Å². The first-order chi connectivity index (χ1) is 18.5. The summed E-state index contributed by atoms with van der Waals surface area (Å²) >= 11 is 0. The van der Waals surface area contributed by atoms with Crippen LogP contribution in [0.25, 0.3) is 33.4 Å². The Morgan fingerprint density at radius 1 is 1.05 bits per heavy atom. The van der Waals surface area contributed by atoms with Gasteiger partial charge in [-0.3, -0.25) is 9.48 Å². The number of fused-ring (bicyclic) bond motifs is 1. The third kappa shape index (κ3) is 4.73. The van der Waals surface area contributed by atoms with Crippen molar-refractivity contribution >= 4 is 22.9 Å². The number of anilines is 1. The number of H-pyrrole nitrogens is 1. The molecule has 0 radical (unpaired) electrons. The van der Waals surface area contributed by atoms with Crippen LogP contribution in [0.1, 0.15) is 36.6 Å². The van der Waals surface area contributed by atoms with Crippen molar-refractivity contribution in [2.24, 2.45) is 0 Å². The van der Waals surface area contributed by atoms with E-state index in [-0.39, 0.29) is 18.4 Å². The molecule has 1 amide bonds. The number of nitrogens with zero attached hydrogens (tertiary/aromatic N) is 6. The van der Waals surface area contributed by atoms with Crippen molar-refractivity contribution in [3.05, 3.63) is 78.5 Å². The van der Waals surface area contributed by atoms with Crippen LogP contribution >= 0.6 is 0 Å². The van der Waals surface area contributed by atoms with E-state index in [1.807, 2.05) is 53.7 Å². The number of benzene rings is 1. The summed E-state index contributed by atoms with van der Waals surface area (Å²) in [5.74, 6) is 0.168. The van der Waals surface area contributed by atoms with Gasteiger partial charge in [0.05, 0.1) is 17.6 Å². The molecular formula is C28H28N8O2. The molecule has 4 aromatic heterocycles. The standard InChI is InChI=1S/C28H28N8O2/c29-28-33-23(12-24(34-28)26(38)18-7-3-1-4-8-18)22-15-31-27-21(22)11-19(13-30-27)20-14-32-36(16-20)17-25(37)35-9-5-2-6-10-35/h1,3-4,7-8,11-16,26,38H,2,5-6,9-10,17H2,(H,30,31)(H2,29,33,34). The maximum absolute atomic E-state index is 12.7. The van der Waals surface area contributed by atoms with Gasteiger partial charge in [0.25, 0.3) is 0 Å². The first-order valence-corrected chi connectivity index (χ1v) is 12.7. The zero-order valence-electron chi connectivity index (χ0n) is 20.8. The van der Waals surface area contributed by atoms with Gasteiger partial charge < -0.3 is 20.7 Å². The molecule has 1 saturated heterocycles. The van der Waals surface area contributed by atoms with Gasteiger partial charge in [-0.2, -0.15) is 5.10 Å². The van der Waals surface area contributed by atoms with E-state index < -0.39 is 6.10 Å². The van der Waals surface area contributed by atoms with E-state index in [9.17, 15) is 9.90 Å². The number of aliphatic hydroxyl groups is 1. The Bertz CT molecular complexity index is 1590. The van der Waals surface area contributed by atoms with Gasteiger partial charge in [-0.1, -0.05) is 30.3 Å². The molecule has 38 heavy (non-hydrogen) atoms. The van der Waals surface area contributed by atoms with Gasteiger partial charge in [-0.05, 0) is 37.0 Å². The molecule has 192 valence electrons. The SMILES string of the molecule is Nc1nc(-c2c[nH]c3ncc(-c4cnn(CC(=O)N5CCCCC5)c4)cc23)cc(C(O)c2ccccc2)n1. The second-order valence-electron chi connectivity index (χ2n) is 9.54. The molecule has 1 aromatic carbocycles. The molecule has 10 nitrogen and oxygen atoms in total. The number of hydrogen-bond donors (Lipinski definition) is 3. The number of rotatable bonds is 6. The highest BCUT2D eigenvalue weighted by Crippen LogP contribution is 2.32. The average molecular weight is 509 g/mol. The lowest BCUT2D eigenvalue weighted by Gasteiger charge is -2.26. The Balaban J connectivity index is 1.29. The van der Waals surface area contributed by atoms with Crippen LogP contribution in [0, 0.1) is 0 Å². The third-order valence-electron chi connectivity index (χ3n) is 6.94. The largest absolute Gasteiger partial charge is 0.382 e. The molecule has 0 bridgehead atoms. The summed E-state index contributed by atoms with van der Waals surface area (Å²) in [4.78, 5) is 31.1. The number of nitrogen functional groups attached to an aromatic ring is 1. The molecule has 5 heterocycles. The molecule has 1 aliphatic rings. The number of aliphatic hydroxyl groups excluding tert-OH is 1. The molecule has 1 unspecified atom stereocenters. The Labute approximate surface area is 219 Å². The molecule has 0 spiro atoms. The fraction of sp³-hybridized carbons (Fsp3) is 0.250. The number of aromatic amines is 1. The van der Waals surface area contributed by atoms with Crippen molar-refractivity contribution in [3.8, 4) is 22.4 Å². The van der Waals surface area contributed by atoms with Gasteiger partial charge in [0.15, 0.2) is 0 Å². The van der Waals surface area contributed by atoms with Gasteiger partial charge in [0.2, 0.25) is 11.9 Å². The number of aromatic nitrogens is 6. The lowest BCUT2D eigenvalue weighted by Crippen LogP contribution is -2.37. The summed E-state index contributed by atoms with van der Waals surface area (Å²) in [7, 11) is 0. The number of likely N-dealkylation sites (tertiary alicyclic amines) is 1. The van der Waals surface area contributed by atoms with Crippen LogP contribution in [0.15, 0.2) is 67.3 Å². The number of nitrogens with one attached hydrogen (secondary N) is 1. The fourth-order valence-electron chi connectivity index (χ4n) is 4.92. The first-order valence-electron chi connectivity index (χ1n) is 12.7. The summed E-state index contributed by atoms with van der Waals surface area (Å²) in [6, 6.07) is 13.0. The van der Waals surface area contributed by atoms with Crippen LogP contribution in [0.3, 0.4) is 0 Å². The molecule has 4 N–H and O–H groups in total. The van der Waals surface area contributed by atoms with Gasteiger partial charge >= 0.3 is 0 Å². The van der Waals surface area contributed by atoms with Gasteiger partial charge in [-0.25, -0.2) is 15.0 Å². The molecule has 1 atom stereocenters. The van der Waals surface area contributed by atoms with Crippen LogP contribution in [0.2, 0.25) is 0 Å². The Kier molecular flexibility index (Phi) is 6.30. The molecular weight excluding hydrogens is 480 g/mol. The smallest absolute Gasteiger partial charge is 0.244 e. The molecule has 5 aromatic rings. The Hall–Kier alpha value is -4.57. The minimum Gasteiger partial charge on any atom is -0.382 e. The average Bonchev–Trinajstić information content (AvgIpc) is 3.60. The third-order valence-corrected chi connectivity index (χ3v) is 6.94. The second-order valence-corrected chi connectivity index (χ2v) is 9.54. The van der Waals surface area contributed by atoms with Crippen molar-refractivity contribution in [2.75, 3.05) is 18.8 Å². The Morgan fingerprint density at radius 3 is 2.68 bits per heavy atom. The van der Waals surface area contributed by atoms with Crippen LogP contribution in [0.5, 0.6) is 0 Å². The summed E-state index contributed by atoms with van der Waals surface area (Å²) in [6.07, 6.45) is 9.58. The molecule has 0 aliphatic carbocycles. The van der Waals surface area contributed by atoms with Crippen molar-refractivity contribution in [2.45, 2.75) is 31.9 Å². The van der Waals surface area contributed by atoms with E-state index in [1.54, 1.807) is 23.1 Å². The van der Waals surface area contributed by atoms with E-state index in [0.29, 0.717) is 17.0 Å². The topological polar surface area (TPSA) is 139 Å². The predicted molar refractivity (Wildman–Crippen MR) is 144 cm³/mol. The Morgan fingerprint density at radius 2 is 1.87 bits per heavy atom. The molecule has 1 fully saturated rings. The highest BCUT2D eigenvalue weighted by atomic mass is 16.3. The molecule has 10 heteroatoms. The van der Waals surface area contributed by atoms with E-state index >= 15 is 0 Å². The van der Waals surface area contributed by atoms with Crippen molar-refractivity contribution in [1.29, 1.82) is 0 Å². The van der Waals surface area contributed by atoms with Crippen molar-refractivity contribution in [1.82, 2.24) is 34.6 Å². The summed E-state index contributed by atoms with van der Waals surface area (Å²) in [6.45, 7) is 1.86. The number of piperidine rings is 1. The maximum atomic E-state index is 12.7. The number of carbonyl (C=O) groups excluding carboxylic acids is 1. The zero-order chi connectivity index (χ0) is 26.1.